The molecule has 186 valence electrons. The Hall–Kier alpha value is -3.84. The first-order valence-corrected chi connectivity index (χ1v) is 14.1. The predicted molar refractivity (Wildman–Crippen MR) is 144 cm³/mol. The molecule has 0 atom stereocenters. The molecule has 2 heterocycles. The molecule has 0 radical (unpaired) electrons. The predicted octanol–water partition coefficient (Wildman–Crippen LogP) is 5.75. The lowest BCUT2D eigenvalue weighted by Gasteiger charge is -2.25. The van der Waals surface area contributed by atoms with Gasteiger partial charge in [-0.15, -0.1) is 11.3 Å². The summed E-state index contributed by atoms with van der Waals surface area (Å²) in [6.45, 7) is 1.04. The highest BCUT2D eigenvalue weighted by molar-refractivity contribution is 7.89. The summed E-state index contributed by atoms with van der Waals surface area (Å²) in [7, 11) is -3.56. The molecule has 0 aliphatic carbocycles. The first-order chi connectivity index (χ1) is 17.9. The molecule has 0 saturated carbocycles. The number of nitriles is 1. The zero-order chi connectivity index (χ0) is 25.8. The number of fused-ring (bicyclic) bond motifs is 1. The van der Waals surface area contributed by atoms with Gasteiger partial charge in [-0.2, -0.15) is 9.57 Å². The Morgan fingerprint density at radius 3 is 2.35 bits per heavy atom. The number of esters is 1. The third-order valence-corrected chi connectivity index (χ3v) is 9.07. The normalized spacial score (nSPS) is 14.8. The molecule has 0 unspecified atom stereocenters. The molecule has 0 amide bonds. The molecular formula is C28H23N3O4S2. The van der Waals surface area contributed by atoms with E-state index in [4.69, 9.17) is 4.74 Å². The van der Waals surface area contributed by atoms with Crippen LogP contribution >= 0.6 is 11.3 Å². The number of hydrogen-bond donors (Lipinski definition) is 0. The third-order valence-electron chi connectivity index (χ3n) is 6.09. The number of carbonyl (C=O) groups excluding carboxylic acids is 1. The lowest BCUT2D eigenvalue weighted by Crippen LogP contribution is -2.35. The average Bonchev–Trinajstić information content (AvgIpc) is 3.37. The molecule has 0 N–H and O–H groups in total. The molecule has 9 heteroatoms. The minimum atomic E-state index is -3.56. The molecule has 37 heavy (non-hydrogen) atoms. The number of para-hydroxylation sites is 1. The number of hydrogen-bond acceptors (Lipinski definition) is 7. The van der Waals surface area contributed by atoms with Crippen LogP contribution in [0.2, 0.25) is 0 Å². The van der Waals surface area contributed by atoms with Crippen LogP contribution in [0.4, 0.5) is 0 Å². The van der Waals surface area contributed by atoms with Crippen LogP contribution in [-0.2, 0) is 10.0 Å². The maximum absolute atomic E-state index is 12.8. The largest absolute Gasteiger partial charge is 0.423 e. The fraction of sp³-hybridized carbons (Fsp3) is 0.179. The van der Waals surface area contributed by atoms with Crippen molar-refractivity contribution in [2.24, 2.45) is 0 Å². The first kappa shape index (κ1) is 24.8. The number of benzene rings is 3. The van der Waals surface area contributed by atoms with Gasteiger partial charge in [-0.25, -0.2) is 18.2 Å². The summed E-state index contributed by atoms with van der Waals surface area (Å²) in [6.07, 6.45) is 4.50. The monoisotopic (exact) mass is 529 g/mol. The van der Waals surface area contributed by atoms with Crippen LogP contribution in [0.25, 0.3) is 21.9 Å². The fourth-order valence-electron chi connectivity index (χ4n) is 4.11. The standard InChI is InChI=1S/C28H23N3O4S2/c29-19-22(27-30-25-6-2-3-7-26(25)36-27)18-20-8-12-23(13-9-20)35-28(32)21-10-14-24(15-11-21)37(33,34)31-16-4-1-5-17-31/h2-3,6-15,18H,1,4-5,16-17H2. The number of sulfonamides is 1. The van der Waals surface area contributed by atoms with Crippen molar-refractivity contribution in [2.75, 3.05) is 13.1 Å². The molecule has 0 spiro atoms. The molecule has 5 rings (SSSR count). The van der Waals surface area contributed by atoms with E-state index in [1.165, 1.54) is 39.9 Å². The molecule has 1 saturated heterocycles. The highest BCUT2D eigenvalue weighted by Gasteiger charge is 2.26. The Balaban J connectivity index is 1.26. The first-order valence-electron chi connectivity index (χ1n) is 11.8. The van der Waals surface area contributed by atoms with Crippen molar-refractivity contribution in [3.05, 3.63) is 88.9 Å². The van der Waals surface area contributed by atoms with Gasteiger partial charge in [0.05, 0.1) is 26.2 Å². The Morgan fingerprint density at radius 2 is 1.68 bits per heavy atom. The van der Waals surface area contributed by atoms with E-state index in [1.54, 1.807) is 30.3 Å². The molecule has 1 fully saturated rings. The van der Waals surface area contributed by atoms with Crippen LogP contribution in [0.5, 0.6) is 5.75 Å². The van der Waals surface area contributed by atoms with Crippen molar-refractivity contribution in [3.8, 4) is 11.8 Å². The number of ether oxygens (including phenoxy) is 1. The zero-order valence-electron chi connectivity index (χ0n) is 19.8. The minimum Gasteiger partial charge on any atom is -0.423 e. The van der Waals surface area contributed by atoms with Crippen LogP contribution in [0.3, 0.4) is 0 Å². The molecule has 4 aromatic rings. The van der Waals surface area contributed by atoms with Crippen molar-refractivity contribution >= 4 is 49.2 Å². The van der Waals surface area contributed by atoms with Gasteiger partial charge in [-0.3, -0.25) is 0 Å². The smallest absolute Gasteiger partial charge is 0.343 e. The van der Waals surface area contributed by atoms with Gasteiger partial charge >= 0.3 is 5.97 Å². The van der Waals surface area contributed by atoms with Crippen LogP contribution < -0.4 is 4.74 Å². The topological polar surface area (TPSA) is 100 Å². The summed E-state index contributed by atoms with van der Waals surface area (Å²) in [5.41, 5.74) is 2.32. The van der Waals surface area contributed by atoms with Gasteiger partial charge in [-0.05, 0) is 73.0 Å². The Bertz CT molecular complexity index is 1580. The zero-order valence-corrected chi connectivity index (χ0v) is 21.5. The van der Waals surface area contributed by atoms with E-state index in [9.17, 15) is 18.5 Å². The average molecular weight is 530 g/mol. The highest BCUT2D eigenvalue weighted by Crippen LogP contribution is 2.28. The number of allylic oxidation sites excluding steroid dienone is 1. The maximum Gasteiger partial charge on any atom is 0.343 e. The number of thiazole rings is 1. The lowest BCUT2D eigenvalue weighted by atomic mass is 10.1. The van der Waals surface area contributed by atoms with Gasteiger partial charge in [0.15, 0.2) is 0 Å². The van der Waals surface area contributed by atoms with Gasteiger partial charge < -0.3 is 4.74 Å². The van der Waals surface area contributed by atoms with Gasteiger partial charge in [0.1, 0.15) is 16.8 Å². The van der Waals surface area contributed by atoms with Gasteiger partial charge in [0, 0.05) is 13.1 Å². The summed E-state index contributed by atoms with van der Waals surface area (Å²) >= 11 is 1.46. The Labute approximate surface area is 219 Å². The number of piperidine rings is 1. The Morgan fingerprint density at radius 1 is 0.973 bits per heavy atom. The van der Waals surface area contributed by atoms with E-state index in [1.807, 2.05) is 24.3 Å². The van der Waals surface area contributed by atoms with Gasteiger partial charge in [0.25, 0.3) is 0 Å². The second-order valence-electron chi connectivity index (χ2n) is 8.60. The second kappa shape index (κ2) is 10.6. The molecule has 1 aromatic heterocycles. The lowest BCUT2D eigenvalue weighted by molar-refractivity contribution is 0.0734. The number of carbonyl (C=O) groups is 1. The van der Waals surface area contributed by atoms with Gasteiger partial charge in [0.2, 0.25) is 10.0 Å². The molecule has 0 bridgehead atoms. The summed E-state index contributed by atoms with van der Waals surface area (Å²) < 4.78 is 33.6. The highest BCUT2D eigenvalue weighted by atomic mass is 32.2. The molecular weight excluding hydrogens is 506 g/mol. The van der Waals surface area contributed by atoms with E-state index in [0.29, 0.717) is 29.4 Å². The maximum atomic E-state index is 12.8. The minimum absolute atomic E-state index is 0.170. The van der Waals surface area contributed by atoms with E-state index < -0.39 is 16.0 Å². The summed E-state index contributed by atoms with van der Waals surface area (Å²) in [5.74, 6) is -0.247. The van der Waals surface area contributed by atoms with Crippen molar-refractivity contribution in [3.63, 3.8) is 0 Å². The number of rotatable bonds is 6. The van der Waals surface area contributed by atoms with E-state index in [2.05, 4.69) is 11.1 Å². The van der Waals surface area contributed by atoms with Crippen LogP contribution in [0, 0.1) is 11.3 Å². The summed E-state index contributed by atoms with van der Waals surface area (Å²) in [4.78, 5) is 17.3. The van der Waals surface area contributed by atoms with Crippen molar-refractivity contribution in [1.82, 2.24) is 9.29 Å². The fourth-order valence-corrected chi connectivity index (χ4v) is 6.56. The Kier molecular flexibility index (Phi) is 7.15. The third kappa shape index (κ3) is 5.47. The number of aromatic nitrogens is 1. The summed E-state index contributed by atoms with van der Waals surface area (Å²) in [5, 5.41) is 10.3. The van der Waals surface area contributed by atoms with E-state index in [-0.39, 0.29) is 10.5 Å². The summed E-state index contributed by atoms with van der Waals surface area (Å²) in [6, 6.07) is 22.5. The van der Waals surface area contributed by atoms with Crippen LogP contribution in [0.1, 0.15) is 40.2 Å². The van der Waals surface area contributed by atoms with Crippen molar-refractivity contribution in [1.29, 1.82) is 5.26 Å². The molecule has 1 aliphatic rings. The van der Waals surface area contributed by atoms with E-state index in [0.717, 1.165) is 35.0 Å². The van der Waals surface area contributed by atoms with Crippen molar-refractivity contribution < 1.29 is 17.9 Å². The SMILES string of the molecule is N#CC(=Cc1ccc(OC(=O)c2ccc(S(=O)(=O)N3CCCCC3)cc2)cc1)c1nc2ccccc2s1. The van der Waals surface area contributed by atoms with E-state index >= 15 is 0 Å². The van der Waals surface area contributed by atoms with Crippen LogP contribution in [0.15, 0.2) is 77.7 Å². The van der Waals surface area contributed by atoms with Crippen LogP contribution in [-0.4, -0.2) is 36.8 Å². The second-order valence-corrected chi connectivity index (χ2v) is 11.6. The molecule has 3 aromatic carbocycles. The quantitative estimate of drug-likeness (QED) is 0.179. The molecule has 1 aliphatic heterocycles. The van der Waals surface area contributed by atoms with Gasteiger partial charge in [-0.1, -0.05) is 30.7 Å². The van der Waals surface area contributed by atoms with Crippen molar-refractivity contribution in [2.45, 2.75) is 24.2 Å². The number of nitrogens with zero attached hydrogens (tertiary/aromatic N) is 3. The molecule has 7 nitrogen and oxygen atoms in total.